The lowest BCUT2D eigenvalue weighted by Crippen LogP contribution is -2.39. The number of likely N-dealkylation sites (tertiary alicyclic amines) is 1. The molecule has 1 fully saturated rings. The van der Waals surface area contributed by atoms with E-state index < -0.39 is 0 Å². The molecular weight excluding hydrogens is 416 g/mol. The van der Waals surface area contributed by atoms with Gasteiger partial charge in [0.15, 0.2) is 11.5 Å². The van der Waals surface area contributed by atoms with Gasteiger partial charge in [0.1, 0.15) is 4.88 Å². The van der Waals surface area contributed by atoms with Gasteiger partial charge >= 0.3 is 0 Å². The van der Waals surface area contributed by atoms with Gasteiger partial charge < -0.3 is 9.42 Å². The van der Waals surface area contributed by atoms with Crippen LogP contribution in [0.3, 0.4) is 0 Å². The third kappa shape index (κ3) is 4.30. The first-order valence-electron chi connectivity index (χ1n) is 10.4. The number of amides is 1. The predicted octanol–water partition coefficient (Wildman–Crippen LogP) is 3.31. The molecule has 0 unspecified atom stereocenters. The number of Topliss-reactive ketones (excluding diaryl/α,β-unsaturated/α-hetero) is 1. The lowest BCUT2D eigenvalue weighted by Gasteiger charge is -2.32. The molecule has 10 heteroatoms. The molecule has 1 amide bonds. The molecule has 0 radical (unpaired) electrons. The van der Waals surface area contributed by atoms with Gasteiger partial charge in [0, 0.05) is 43.7 Å². The van der Waals surface area contributed by atoms with Gasteiger partial charge in [-0.3, -0.25) is 14.3 Å². The topological polar surface area (TPSA) is 107 Å². The molecule has 0 aliphatic carbocycles. The van der Waals surface area contributed by atoms with Crippen molar-refractivity contribution >= 4 is 23.2 Å². The Morgan fingerprint density at radius 2 is 2.10 bits per heavy atom. The Balaban J connectivity index is 1.43. The van der Waals surface area contributed by atoms with Crippen molar-refractivity contribution in [1.29, 1.82) is 0 Å². The Kier molecular flexibility index (Phi) is 5.99. The van der Waals surface area contributed by atoms with E-state index in [9.17, 15) is 9.59 Å². The number of carbonyl (C=O) groups is 2. The highest BCUT2D eigenvalue weighted by molar-refractivity contribution is 7.09. The third-order valence-electron chi connectivity index (χ3n) is 5.80. The highest BCUT2D eigenvalue weighted by Gasteiger charge is 2.30. The zero-order valence-electron chi connectivity index (χ0n) is 18.2. The van der Waals surface area contributed by atoms with E-state index in [0.717, 1.165) is 41.3 Å². The summed E-state index contributed by atoms with van der Waals surface area (Å²) >= 11 is 1.30. The van der Waals surface area contributed by atoms with E-state index in [0.29, 0.717) is 36.5 Å². The van der Waals surface area contributed by atoms with E-state index in [1.165, 1.54) is 11.5 Å². The normalized spacial score (nSPS) is 16.6. The molecule has 0 spiro atoms. The Bertz CT molecular complexity index is 1110. The maximum Gasteiger partial charge on any atom is 0.224 e. The number of rotatable bonds is 6. The summed E-state index contributed by atoms with van der Waals surface area (Å²) < 4.78 is 11.3. The van der Waals surface area contributed by atoms with Gasteiger partial charge in [-0.2, -0.15) is 5.10 Å². The van der Waals surface area contributed by atoms with Crippen LogP contribution in [0, 0.1) is 20.8 Å². The molecule has 0 saturated carbocycles. The number of aromatic nitrogens is 5. The zero-order valence-corrected chi connectivity index (χ0v) is 19.0. The minimum absolute atomic E-state index is 0.000997. The average molecular weight is 443 g/mol. The SMILES string of the molecule is CC(=O)c1c(C)nn(CCC(=O)N2CCC[C@H](c3nnsc3-c3cc(C)no3)C2)c1C. The number of ketones is 1. The van der Waals surface area contributed by atoms with Crippen LogP contribution in [-0.4, -0.2) is 54.2 Å². The molecular formula is C21H26N6O3S. The smallest absolute Gasteiger partial charge is 0.224 e. The minimum atomic E-state index is 0.000997. The van der Waals surface area contributed by atoms with Crippen LogP contribution in [0.15, 0.2) is 10.6 Å². The number of carbonyl (C=O) groups excluding carboxylic acids is 2. The Morgan fingerprint density at radius 1 is 1.29 bits per heavy atom. The highest BCUT2D eigenvalue weighted by atomic mass is 32.1. The van der Waals surface area contributed by atoms with Crippen LogP contribution in [-0.2, 0) is 11.3 Å². The van der Waals surface area contributed by atoms with Gasteiger partial charge in [0.25, 0.3) is 0 Å². The number of hydrogen-bond acceptors (Lipinski definition) is 8. The first-order chi connectivity index (χ1) is 14.8. The highest BCUT2D eigenvalue weighted by Crippen LogP contribution is 2.35. The minimum Gasteiger partial charge on any atom is -0.355 e. The van der Waals surface area contributed by atoms with Crippen molar-refractivity contribution in [2.45, 2.75) is 59.4 Å². The summed E-state index contributed by atoms with van der Waals surface area (Å²) in [7, 11) is 0. The van der Waals surface area contributed by atoms with Crippen molar-refractivity contribution in [3.63, 3.8) is 0 Å². The second kappa shape index (κ2) is 8.70. The van der Waals surface area contributed by atoms with Gasteiger partial charge in [-0.15, -0.1) is 5.10 Å². The molecule has 31 heavy (non-hydrogen) atoms. The molecule has 1 aliphatic rings. The molecule has 3 aromatic heterocycles. The van der Waals surface area contributed by atoms with Gasteiger partial charge in [-0.05, 0) is 52.1 Å². The monoisotopic (exact) mass is 442 g/mol. The molecule has 0 aromatic carbocycles. The molecule has 164 valence electrons. The van der Waals surface area contributed by atoms with E-state index >= 15 is 0 Å². The van der Waals surface area contributed by atoms with Crippen molar-refractivity contribution < 1.29 is 14.1 Å². The van der Waals surface area contributed by atoms with Crippen molar-refractivity contribution in [2.24, 2.45) is 0 Å². The molecule has 4 heterocycles. The number of hydrogen-bond donors (Lipinski definition) is 0. The molecule has 9 nitrogen and oxygen atoms in total. The summed E-state index contributed by atoms with van der Waals surface area (Å²) in [6.45, 7) is 8.93. The number of nitrogens with zero attached hydrogens (tertiary/aromatic N) is 6. The van der Waals surface area contributed by atoms with Crippen LogP contribution < -0.4 is 0 Å². The number of aryl methyl sites for hydroxylation is 3. The lowest BCUT2D eigenvalue weighted by molar-refractivity contribution is -0.132. The van der Waals surface area contributed by atoms with E-state index in [4.69, 9.17) is 4.52 Å². The van der Waals surface area contributed by atoms with Crippen LogP contribution in [0.5, 0.6) is 0 Å². The fraction of sp³-hybridized carbons (Fsp3) is 0.524. The van der Waals surface area contributed by atoms with Crippen molar-refractivity contribution in [3.8, 4) is 10.6 Å². The first-order valence-corrected chi connectivity index (χ1v) is 11.2. The van der Waals surface area contributed by atoms with Crippen molar-refractivity contribution in [2.75, 3.05) is 13.1 Å². The van der Waals surface area contributed by atoms with Crippen molar-refractivity contribution in [1.82, 2.24) is 29.4 Å². The first kappa shape index (κ1) is 21.4. The van der Waals surface area contributed by atoms with E-state index in [2.05, 4.69) is 19.8 Å². The van der Waals surface area contributed by atoms with Gasteiger partial charge in [-0.25, -0.2) is 0 Å². The summed E-state index contributed by atoms with van der Waals surface area (Å²) in [5.74, 6) is 0.884. The van der Waals surface area contributed by atoms with Crippen LogP contribution in [0.4, 0.5) is 0 Å². The molecule has 0 N–H and O–H groups in total. The molecule has 4 rings (SSSR count). The standard InChI is InChI=1S/C21H26N6O3S/c1-12-10-17(30-24-12)21-20(22-25-31-21)16-6-5-8-26(11-16)18(29)7-9-27-14(3)19(15(4)28)13(2)23-27/h10,16H,5-9,11H2,1-4H3/t16-/m0/s1. The lowest BCUT2D eigenvalue weighted by atomic mass is 9.93. The quantitative estimate of drug-likeness (QED) is 0.539. The second-order valence-electron chi connectivity index (χ2n) is 8.07. The Morgan fingerprint density at radius 3 is 2.77 bits per heavy atom. The molecule has 3 aromatic rings. The van der Waals surface area contributed by atoms with Crippen LogP contribution in [0.25, 0.3) is 10.6 Å². The summed E-state index contributed by atoms with van der Waals surface area (Å²) in [6, 6.07) is 1.88. The maximum absolute atomic E-state index is 12.9. The molecule has 1 aliphatic heterocycles. The van der Waals surface area contributed by atoms with Crippen LogP contribution in [0.2, 0.25) is 0 Å². The van der Waals surface area contributed by atoms with E-state index in [-0.39, 0.29) is 17.6 Å². The Hall–Kier alpha value is -2.88. The fourth-order valence-electron chi connectivity index (χ4n) is 4.32. The average Bonchev–Trinajstić information content (AvgIpc) is 3.45. The zero-order chi connectivity index (χ0) is 22.1. The summed E-state index contributed by atoms with van der Waals surface area (Å²) in [4.78, 5) is 27.5. The molecule has 0 bridgehead atoms. The maximum atomic E-state index is 12.9. The Labute approximate surface area is 184 Å². The van der Waals surface area contributed by atoms with Gasteiger partial charge in [-0.1, -0.05) is 9.64 Å². The summed E-state index contributed by atoms with van der Waals surface area (Å²) in [6.07, 6.45) is 2.21. The third-order valence-corrected chi connectivity index (χ3v) is 6.55. The largest absolute Gasteiger partial charge is 0.355 e. The molecule has 1 atom stereocenters. The molecule has 1 saturated heterocycles. The van der Waals surface area contributed by atoms with Gasteiger partial charge in [0.2, 0.25) is 5.91 Å². The van der Waals surface area contributed by atoms with E-state index in [1.54, 1.807) is 11.6 Å². The summed E-state index contributed by atoms with van der Waals surface area (Å²) in [5.41, 5.74) is 3.86. The van der Waals surface area contributed by atoms with Crippen molar-refractivity contribution in [3.05, 3.63) is 34.4 Å². The van der Waals surface area contributed by atoms with Gasteiger partial charge in [0.05, 0.1) is 22.6 Å². The fourth-order valence-corrected chi connectivity index (χ4v) is 5.01. The van der Waals surface area contributed by atoms with Crippen LogP contribution >= 0.6 is 11.5 Å². The number of piperidine rings is 1. The second-order valence-corrected chi connectivity index (χ2v) is 8.83. The van der Waals surface area contributed by atoms with E-state index in [1.807, 2.05) is 31.7 Å². The summed E-state index contributed by atoms with van der Waals surface area (Å²) in [5, 5.41) is 12.8. The predicted molar refractivity (Wildman–Crippen MR) is 115 cm³/mol. The van der Waals surface area contributed by atoms with Crippen LogP contribution in [0.1, 0.15) is 65.2 Å².